The number of alkyl halides is 1. The molecule has 6 heteroatoms. The third kappa shape index (κ3) is 3.61. The molecule has 0 spiro atoms. The van der Waals surface area contributed by atoms with Crippen LogP contribution >= 0.6 is 11.6 Å². The summed E-state index contributed by atoms with van der Waals surface area (Å²) in [5.74, 6) is 0.290. The first-order chi connectivity index (χ1) is 9.61. The van der Waals surface area contributed by atoms with Crippen LogP contribution < -0.4 is 4.90 Å². The third-order valence-electron chi connectivity index (χ3n) is 3.75. The molecule has 1 heterocycles. The minimum absolute atomic E-state index is 0.132. The lowest BCUT2D eigenvalue weighted by Gasteiger charge is -2.23. The molecule has 1 aromatic rings. The summed E-state index contributed by atoms with van der Waals surface area (Å²) >= 11 is 5.74. The van der Waals surface area contributed by atoms with Gasteiger partial charge in [-0.15, -0.1) is 11.6 Å². The van der Waals surface area contributed by atoms with Gasteiger partial charge in [-0.05, 0) is 37.6 Å². The maximum Gasteiger partial charge on any atom is 0.292 e. The fourth-order valence-corrected chi connectivity index (χ4v) is 2.71. The van der Waals surface area contributed by atoms with Crippen LogP contribution in [-0.4, -0.2) is 43.0 Å². The van der Waals surface area contributed by atoms with Gasteiger partial charge in [-0.25, -0.2) is 0 Å². The summed E-state index contributed by atoms with van der Waals surface area (Å²) in [6.45, 7) is 4.02. The summed E-state index contributed by atoms with van der Waals surface area (Å²) in [6, 6.07) is 5.20. The van der Waals surface area contributed by atoms with Gasteiger partial charge in [0.1, 0.15) is 5.69 Å². The van der Waals surface area contributed by atoms with Crippen molar-refractivity contribution < 1.29 is 4.92 Å². The highest BCUT2D eigenvalue weighted by Gasteiger charge is 2.19. The van der Waals surface area contributed by atoms with Crippen LogP contribution in [0.25, 0.3) is 0 Å². The van der Waals surface area contributed by atoms with Crippen LogP contribution in [0.2, 0.25) is 0 Å². The van der Waals surface area contributed by atoms with E-state index in [0.29, 0.717) is 11.6 Å². The molecule has 110 valence electrons. The highest BCUT2D eigenvalue weighted by Crippen LogP contribution is 2.29. The topological polar surface area (TPSA) is 49.6 Å². The summed E-state index contributed by atoms with van der Waals surface area (Å²) in [6.07, 6.45) is 2.52. The van der Waals surface area contributed by atoms with E-state index in [1.807, 2.05) is 18.0 Å². The maximum absolute atomic E-state index is 11.2. The number of nitro groups is 1. The molecule has 0 aromatic heterocycles. The fraction of sp³-hybridized carbons (Fsp3) is 0.571. The predicted molar refractivity (Wildman–Crippen MR) is 81.6 cm³/mol. The van der Waals surface area contributed by atoms with Crippen molar-refractivity contribution >= 4 is 23.0 Å². The first-order valence-electron chi connectivity index (χ1n) is 6.88. The van der Waals surface area contributed by atoms with Crippen LogP contribution in [0.5, 0.6) is 0 Å². The van der Waals surface area contributed by atoms with Crippen molar-refractivity contribution in [2.45, 2.75) is 18.7 Å². The third-order valence-corrected chi connectivity index (χ3v) is 4.06. The summed E-state index contributed by atoms with van der Waals surface area (Å²) in [4.78, 5) is 15.2. The summed E-state index contributed by atoms with van der Waals surface area (Å²) in [5.41, 5.74) is 1.56. The van der Waals surface area contributed by atoms with Crippen LogP contribution in [0, 0.1) is 10.1 Å². The number of benzene rings is 1. The van der Waals surface area contributed by atoms with E-state index in [4.69, 9.17) is 11.6 Å². The number of likely N-dealkylation sites (tertiary alicyclic amines) is 1. The molecule has 1 aliphatic heterocycles. The second-order valence-electron chi connectivity index (χ2n) is 5.18. The minimum Gasteiger partial charge on any atom is -0.368 e. The van der Waals surface area contributed by atoms with Crippen molar-refractivity contribution in [3.63, 3.8) is 0 Å². The molecule has 0 N–H and O–H groups in total. The van der Waals surface area contributed by atoms with Gasteiger partial charge in [-0.2, -0.15) is 0 Å². The van der Waals surface area contributed by atoms with Crippen molar-refractivity contribution in [3.8, 4) is 0 Å². The number of hydrogen-bond donors (Lipinski definition) is 0. The van der Waals surface area contributed by atoms with Gasteiger partial charge in [0.15, 0.2) is 0 Å². The molecule has 0 atom stereocenters. The largest absolute Gasteiger partial charge is 0.368 e. The second kappa shape index (κ2) is 6.90. The average Bonchev–Trinajstić information content (AvgIpc) is 2.97. The van der Waals surface area contributed by atoms with E-state index >= 15 is 0 Å². The minimum atomic E-state index is -0.336. The van der Waals surface area contributed by atoms with Gasteiger partial charge in [0.25, 0.3) is 5.69 Å². The van der Waals surface area contributed by atoms with E-state index in [9.17, 15) is 10.1 Å². The highest BCUT2D eigenvalue weighted by atomic mass is 35.5. The average molecular weight is 298 g/mol. The van der Waals surface area contributed by atoms with Crippen LogP contribution in [0.15, 0.2) is 18.2 Å². The number of nitrogens with zero attached hydrogens (tertiary/aromatic N) is 3. The number of rotatable bonds is 6. The van der Waals surface area contributed by atoms with E-state index in [2.05, 4.69) is 4.90 Å². The molecule has 20 heavy (non-hydrogen) atoms. The molecule has 5 nitrogen and oxygen atoms in total. The molecule has 1 fully saturated rings. The van der Waals surface area contributed by atoms with Crippen molar-refractivity contribution in [2.24, 2.45) is 0 Å². The molecule has 0 bridgehead atoms. The molecule has 1 aromatic carbocycles. The van der Waals surface area contributed by atoms with Gasteiger partial charge in [-0.1, -0.05) is 6.07 Å². The quantitative estimate of drug-likeness (QED) is 0.460. The van der Waals surface area contributed by atoms with Crippen molar-refractivity contribution in [1.82, 2.24) is 4.90 Å². The Morgan fingerprint density at radius 2 is 2.10 bits per heavy atom. The van der Waals surface area contributed by atoms with E-state index < -0.39 is 0 Å². The summed E-state index contributed by atoms with van der Waals surface area (Å²) < 4.78 is 0. The standard InChI is InChI=1S/C14H20ClN3O2/c1-16(8-9-17-6-2-3-7-17)13-5-4-12(11-15)10-14(13)18(19)20/h4-5,10H,2-3,6-9,11H2,1H3. The van der Waals surface area contributed by atoms with Gasteiger partial charge in [0.2, 0.25) is 0 Å². The Hall–Kier alpha value is -1.33. The highest BCUT2D eigenvalue weighted by molar-refractivity contribution is 6.17. The zero-order valence-electron chi connectivity index (χ0n) is 11.7. The number of anilines is 1. The summed E-state index contributed by atoms with van der Waals surface area (Å²) in [7, 11) is 1.90. The SMILES string of the molecule is CN(CCN1CCCC1)c1ccc(CCl)cc1[N+](=O)[O-]. The Kier molecular flexibility index (Phi) is 5.20. The number of hydrogen-bond acceptors (Lipinski definition) is 4. The van der Waals surface area contributed by atoms with Crippen LogP contribution in [0.1, 0.15) is 18.4 Å². The monoisotopic (exact) mass is 297 g/mol. The predicted octanol–water partition coefficient (Wildman–Crippen LogP) is 2.87. The smallest absolute Gasteiger partial charge is 0.292 e. The number of likely N-dealkylation sites (N-methyl/N-ethyl adjacent to an activating group) is 1. The second-order valence-corrected chi connectivity index (χ2v) is 5.45. The summed E-state index contributed by atoms with van der Waals surface area (Å²) in [5, 5.41) is 11.2. The van der Waals surface area contributed by atoms with E-state index in [-0.39, 0.29) is 10.6 Å². The van der Waals surface area contributed by atoms with Gasteiger partial charge in [0.05, 0.1) is 4.92 Å². The normalized spacial score (nSPS) is 15.5. The van der Waals surface area contributed by atoms with Gasteiger partial charge >= 0.3 is 0 Å². The Morgan fingerprint density at radius 1 is 1.40 bits per heavy atom. The van der Waals surface area contributed by atoms with E-state index in [1.165, 1.54) is 12.8 Å². The molecule has 0 saturated carbocycles. The van der Waals surface area contributed by atoms with Crippen molar-refractivity contribution in [3.05, 3.63) is 33.9 Å². The van der Waals surface area contributed by atoms with Crippen LogP contribution in [0.3, 0.4) is 0 Å². The van der Waals surface area contributed by atoms with Gasteiger partial charge in [-0.3, -0.25) is 10.1 Å². The van der Waals surface area contributed by atoms with Crippen molar-refractivity contribution in [2.75, 3.05) is 38.1 Å². The molecule has 2 rings (SSSR count). The lowest BCUT2D eigenvalue weighted by atomic mass is 10.2. The molecule has 0 radical (unpaired) electrons. The maximum atomic E-state index is 11.2. The molecular weight excluding hydrogens is 278 g/mol. The zero-order chi connectivity index (χ0) is 14.5. The lowest BCUT2D eigenvalue weighted by Crippen LogP contribution is -2.31. The van der Waals surface area contributed by atoms with Crippen LogP contribution in [0.4, 0.5) is 11.4 Å². The Balaban J connectivity index is 2.07. The molecule has 0 aliphatic carbocycles. The van der Waals surface area contributed by atoms with E-state index in [1.54, 1.807) is 12.1 Å². The Labute approximate surface area is 124 Å². The van der Waals surface area contributed by atoms with Crippen molar-refractivity contribution in [1.29, 1.82) is 0 Å². The number of nitro benzene ring substituents is 1. The molecule has 1 aliphatic rings. The first-order valence-corrected chi connectivity index (χ1v) is 7.42. The lowest BCUT2D eigenvalue weighted by molar-refractivity contribution is -0.384. The zero-order valence-corrected chi connectivity index (χ0v) is 12.5. The van der Waals surface area contributed by atoms with Crippen LogP contribution in [-0.2, 0) is 5.88 Å². The van der Waals surface area contributed by atoms with Gasteiger partial charge in [0, 0.05) is 32.1 Å². The first kappa shape index (κ1) is 15.1. The fourth-order valence-electron chi connectivity index (χ4n) is 2.54. The molecule has 1 saturated heterocycles. The van der Waals surface area contributed by atoms with Gasteiger partial charge < -0.3 is 9.80 Å². The molecular formula is C14H20ClN3O2. The molecule has 0 amide bonds. The molecule has 0 unspecified atom stereocenters. The number of halogens is 1. The van der Waals surface area contributed by atoms with E-state index in [0.717, 1.165) is 31.7 Å². The Bertz CT molecular complexity index is 475. The Morgan fingerprint density at radius 3 is 2.70 bits per heavy atom.